The first-order valence-electron chi connectivity index (χ1n) is 5.19. The molecule has 0 atom stereocenters. The lowest BCUT2D eigenvalue weighted by Crippen LogP contribution is -2.39. The fraction of sp³-hybridized carbons (Fsp3) is 0.364. The van der Waals surface area contributed by atoms with Crippen LogP contribution in [-0.2, 0) is 21.1 Å². The van der Waals surface area contributed by atoms with Gasteiger partial charge in [-0.25, -0.2) is 4.79 Å². The fourth-order valence-electron chi connectivity index (χ4n) is 1.83. The normalized spacial score (nSPS) is 10.8. The molecule has 90 valence electrons. The number of rotatable bonds is 1. The lowest BCUT2D eigenvalue weighted by Gasteiger charge is -2.10. The summed E-state index contributed by atoms with van der Waals surface area (Å²) in [6, 6.07) is 0. The molecule has 2 heterocycles. The Hall–Kier alpha value is -2.11. The van der Waals surface area contributed by atoms with Gasteiger partial charge < -0.3 is 4.57 Å². The lowest BCUT2D eigenvalue weighted by atomic mass is 10.1. The van der Waals surface area contributed by atoms with Crippen LogP contribution in [0.15, 0.2) is 22.0 Å². The largest absolute Gasteiger partial charge is 0.330 e. The van der Waals surface area contributed by atoms with E-state index in [0.717, 1.165) is 10.1 Å². The summed E-state index contributed by atoms with van der Waals surface area (Å²) in [6.07, 6.45) is 3.38. The zero-order valence-electron chi connectivity index (χ0n) is 10.3. The van der Waals surface area contributed by atoms with Gasteiger partial charge in [0.1, 0.15) is 0 Å². The zero-order valence-corrected chi connectivity index (χ0v) is 10.3. The van der Waals surface area contributed by atoms with E-state index in [0.29, 0.717) is 11.3 Å². The molecule has 6 heteroatoms. The van der Waals surface area contributed by atoms with Gasteiger partial charge in [0.15, 0.2) is 0 Å². The van der Waals surface area contributed by atoms with Gasteiger partial charge in [0.25, 0.3) is 5.56 Å². The highest BCUT2D eigenvalue weighted by atomic mass is 16.2. The number of aryl methyl sites for hydroxylation is 1. The average molecular weight is 234 g/mol. The van der Waals surface area contributed by atoms with E-state index in [9.17, 15) is 9.59 Å². The summed E-state index contributed by atoms with van der Waals surface area (Å²) in [7, 11) is 4.91. The molecule has 0 unspecified atom stereocenters. The van der Waals surface area contributed by atoms with Gasteiger partial charge in [-0.1, -0.05) is 0 Å². The highest BCUT2D eigenvalue weighted by Gasteiger charge is 2.14. The summed E-state index contributed by atoms with van der Waals surface area (Å²) in [6.45, 7) is 1.76. The molecule has 0 aliphatic carbocycles. The van der Waals surface area contributed by atoms with Crippen molar-refractivity contribution in [3.05, 3.63) is 38.9 Å². The van der Waals surface area contributed by atoms with Crippen molar-refractivity contribution in [1.29, 1.82) is 0 Å². The molecular weight excluding hydrogens is 220 g/mol. The van der Waals surface area contributed by atoms with Crippen molar-refractivity contribution in [2.45, 2.75) is 6.92 Å². The smallest absolute Gasteiger partial charge is 0.300 e. The van der Waals surface area contributed by atoms with Crippen LogP contribution in [0.5, 0.6) is 0 Å². The van der Waals surface area contributed by atoms with Crippen molar-refractivity contribution in [1.82, 2.24) is 18.9 Å². The van der Waals surface area contributed by atoms with Crippen molar-refractivity contribution in [2.24, 2.45) is 21.1 Å². The first-order chi connectivity index (χ1) is 7.93. The Morgan fingerprint density at radius 1 is 1.12 bits per heavy atom. The molecule has 0 N–H and O–H groups in total. The van der Waals surface area contributed by atoms with Gasteiger partial charge in [0.2, 0.25) is 0 Å². The molecule has 0 aromatic carbocycles. The topological polar surface area (TPSA) is 61.8 Å². The fourth-order valence-corrected chi connectivity index (χ4v) is 1.83. The van der Waals surface area contributed by atoms with Crippen molar-refractivity contribution < 1.29 is 0 Å². The Bertz CT molecular complexity index is 690. The predicted octanol–water partition coefficient (Wildman–Crippen LogP) is -0.207. The second-order valence-electron chi connectivity index (χ2n) is 4.07. The second kappa shape index (κ2) is 3.73. The number of nitrogens with zero attached hydrogens (tertiary/aromatic N) is 4. The van der Waals surface area contributed by atoms with E-state index < -0.39 is 0 Å². The van der Waals surface area contributed by atoms with Crippen LogP contribution in [-0.4, -0.2) is 18.9 Å². The molecular formula is C11H14N4O2. The lowest BCUT2D eigenvalue weighted by molar-refractivity contribution is 0.671. The van der Waals surface area contributed by atoms with Crippen molar-refractivity contribution >= 4 is 0 Å². The van der Waals surface area contributed by atoms with E-state index in [-0.39, 0.29) is 11.2 Å². The van der Waals surface area contributed by atoms with Crippen molar-refractivity contribution in [2.75, 3.05) is 0 Å². The molecule has 0 spiro atoms. The van der Waals surface area contributed by atoms with Crippen LogP contribution >= 0.6 is 0 Å². The van der Waals surface area contributed by atoms with E-state index in [1.165, 1.54) is 11.6 Å². The van der Waals surface area contributed by atoms with Crippen LogP contribution < -0.4 is 11.2 Å². The summed E-state index contributed by atoms with van der Waals surface area (Å²) in [5.74, 6) is 0. The van der Waals surface area contributed by atoms with Gasteiger partial charge in [-0.2, -0.15) is 5.10 Å². The summed E-state index contributed by atoms with van der Waals surface area (Å²) >= 11 is 0. The first-order valence-corrected chi connectivity index (χ1v) is 5.19. The van der Waals surface area contributed by atoms with Crippen LogP contribution in [0.25, 0.3) is 11.1 Å². The minimum atomic E-state index is -0.319. The molecule has 0 fully saturated rings. The van der Waals surface area contributed by atoms with E-state index >= 15 is 0 Å². The van der Waals surface area contributed by atoms with Gasteiger partial charge in [-0.05, 0) is 6.92 Å². The minimum absolute atomic E-state index is 0.293. The third kappa shape index (κ3) is 1.61. The number of hydrogen-bond donors (Lipinski definition) is 0. The molecule has 0 amide bonds. The average Bonchev–Trinajstić information content (AvgIpc) is 2.71. The van der Waals surface area contributed by atoms with E-state index in [1.807, 2.05) is 0 Å². The van der Waals surface area contributed by atoms with Crippen LogP contribution in [0.3, 0.4) is 0 Å². The standard InChI is InChI=1S/C11H14N4O2/c1-7-9(8-5-12-13(2)6-8)10(16)15(4)11(17)14(7)3/h5-6H,1-4H3. The Kier molecular flexibility index (Phi) is 2.49. The Labute approximate surface area is 97.7 Å². The summed E-state index contributed by atoms with van der Waals surface area (Å²) in [4.78, 5) is 23.8. The maximum Gasteiger partial charge on any atom is 0.330 e. The van der Waals surface area contributed by atoms with Crippen LogP contribution in [0, 0.1) is 6.92 Å². The third-order valence-electron chi connectivity index (χ3n) is 2.95. The van der Waals surface area contributed by atoms with Crippen LogP contribution in [0.1, 0.15) is 5.69 Å². The molecule has 6 nitrogen and oxygen atoms in total. The number of hydrogen-bond acceptors (Lipinski definition) is 3. The summed E-state index contributed by atoms with van der Waals surface area (Å²) in [5, 5.41) is 4.04. The van der Waals surface area contributed by atoms with E-state index in [1.54, 1.807) is 38.1 Å². The van der Waals surface area contributed by atoms with Crippen molar-refractivity contribution in [3.63, 3.8) is 0 Å². The molecule has 0 saturated carbocycles. The molecule has 2 rings (SSSR count). The highest BCUT2D eigenvalue weighted by molar-refractivity contribution is 5.63. The quantitative estimate of drug-likeness (QED) is 0.686. The van der Waals surface area contributed by atoms with Crippen LogP contribution in [0.2, 0.25) is 0 Å². The molecule has 17 heavy (non-hydrogen) atoms. The van der Waals surface area contributed by atoms with E-state index in [4.69, 9.17) is 0 Å². The van der Waals surface area contributed by atoms with Gasteiger partial charge in [0.05, 0.1) is 11.8 Å². The zero-order chi connectivity index (χ0) is 12.7. The molecule has 0 aliphatic rings. The molecule has 0 aliphatic heterocycles. The highest BCUT2D eigenvalue weighted by Crippen LogP contribution is 2.16. The monoisotopic (exact) mass is 234 g/mol. The van der Waals surface area contributed by atoms with E-state index in [2.05, 4.69) is 5.10 Å². The number of aromatic nitrogens is 4. The molecule has 0 saturated heterocycles. The van der Waals surface area contributed by atoms with Gasteiger partial charge in [-0.3, -0.25) is 14.0 Å². The molecule has 0 radical (unpaired) electrons. The maximum atomic E-state index is 12.1. The summed E-state index contributed by atoms with van der Waals surface area (Å²) in [5.41, 5.74) is 1.27. The predicted molar refractivity (Wildman–Crippen MR) is 63.9 cm³/mol. The Morgan fingerprint density at radius 3 is 2.29 bits per heavy atom. The Balaban J connectivity index is 2.88. The van der Waals surface area contributed by atoms with Gasteiger partial charge in [0, 0.05) is 38.6 Å². The minimum Gasteiger partial charge on any atom is -0.300 e. The SMILES string of the molecule is Cc1c(-c2cnn(C)c2)c(=O)n(C)c(=O)n1C. The van der Waals surface area contributed by atoms with Gasteiger partial charge >= 0.3 is 5.69 Å². The van der Waals surface area contributed by atoms with Crippen LogP contribution in [0.4, 0.5) is 0 Å². The summed E-state index contributed by atoms with van der Waals surface area (Å²) < 4.78 is 4.19. The third-order valence-corrected chi connectivity index (χ3v) is 2.95. The first kappa shape index (κ1) is 11.4. The second-order valence-corrected chi connectivity index (χ2v) is 4.07. The Morgan fingerprint density at radius 2 is 1.76 bits per heavy atom. The maximum absolute atomic E-state index is 12.1. The molecule has 2 aromatic heterocycles. The van der Waals surface area contributed by atoms with Gasteiger partial charge in [-0.15, -0.1) is 0 Å². The van der Waals surface area contributed by atoms with Crippen molar-refractivity contribution in [3.8, 4) is 11.1 Å². The molecule has 2 aromatic rings. The molecule has 0 bridgehead atoms.